The van der Waals surface area contributed by atoms with Crippen LogP contribution in [-0.4, -0.2) is 18.8 Å². The van der Waals surface area contributed by atoms with Crippen molar-refractivity contribution in [2.75, 3.05) is 0 Å². The van der Waals surface area contributed by atoms with Crippen LogP contribution in [0.5, 0.6) is 0 Å². The van der Waals surface area contributed by atoms with Crippen LogP contribution >= 0.6 is 0 Å². The van der Waals surface area contributed by atoms with Crippen LogP contribution in [0.3, 0.4) is 0 Å². The third-order valence-corrected chi connectivity index (χ3v) is 5.59. The molecular formula is C23H21BO3. The van der Waals surface area contributed by atoms with Crippen molar-refractivity contribution in [1.29, 1.82) is 0 Å². The molecule has 134 valence electrons. The monoisotopic (exact) mass is 356 g/mol. The highest BCUT2D eigenvalue weighted by atomic mass is 16.7. The summed E-state index contributed by atoms with van der Waals surface area (Å²) < 4.78 is 18.4. The number of furan rings is 1. The van der Waals surface area contributed by atoms with E-state index >= 15 is 0 Å². The first kappa shape index (κ1) is 16.6. The van der Waals surface area contributed by atoms with Gasteiger partial charge >= 0.3 is 7.12 Å². The minimum atomic E-state index is -0.343. The fourth-order valence-corrected chi connectivity index (χ4v) is 3.72. The van der Waals surface area contributed by atoms with Crippen LogP contribution < -0.4 is 5.46 Å². The van der Waals surface area contributed by atoms with Crippen LogP contribution in [0.1, 0.15) is 20.8 Å². The highest BCUT2D eigenvalue weighted by Crippen LogP contribution is 2.35. The molecule has 5 rings (SSSR count). The fourth-order valence-electron chi connectivity index (χ4n) is 3.72. The topological polar surface area (TPSA) is 31.6 Å². The standard InChI is InChI=1S/C23H21BO3/c1-15-23(2,3)27-24(26-15)17-9-6-8-16(14-17)18-11-7-12-20-19-10-4-5-13-21(19)25-22(18)20/h4-15H,1-3H3. The van der Waals surface area contributed by atoms with Crippen molar-refractivity contribution in [2.45, 2.75) is 32.5 Å². The summed E-state index contributed by atoms with van der Waals surface area (Å²) in [6.07, 6.45) is 0.0463. The summed E-state index contributed by atoms with van der Waals surface area (Å²) in [5.74, 6) is 0. The first-order valence-electron chi connectivity index (χ1n) is 9.37. The summed E-state index contributed by atoms with van der Waals surface area (Å²) in [6.45, 7) is 6.19. The van der Waals surface area contributed by atoms with E-state index in [4.69, 9.17) is 13.7 Å². The molecule has 2 heterocycles. The van der Waals surface area contributed by atoms with Gasteiger partial charge in [-0.25, -0.2) is 0 Å². The van der Waals surface area contributed by atoms with Crippen molar-refractivity contribution < 1.29 is 13.7 Å². The Morgan fingerprint density at radius 3 is 2.48 bits per heavy atom. The Hall–Kier alpha value is -2.56. The molecule has 1 atom stereocenters. The number of fused-ring (bicyclic) bond motifs is 3. The van der Waals surface area contributed by atoms with Crippen LogP contribution in [0.25, 0.3) is 33.1 Å². The Morgan fingerprint density at radius 1 is 0.889 bits per heavy atom. The summed E-state index contributed by atoms with van der Waals surface area (Å²) in [7, 11) is -0.343. The third-order valence-electron chi connectivity index (χ3n) is 5.59. The van der Waals surface area contributed by atoms with Gasteiger partial charge in [-0.3, -0.25) is 0 Å². The van der Waals surface area contributed by atoms with Gasteiger partial charge < -0.3 is 13.7 Å². The average Bonchev–Trinajstić information content (AvgIpc) is 3.18. The highest BCUT2D eigenvalue weighted by Gasteiger charge is 2.43. The highest BCUT2D eigenvalue weighted by molar-refractivity contribution is 6.62. The second-order valence-corrected chi connectivity index (χ2v) is 7.74. The van der Waals surface area contributed by atoms with E-state index in [0.29, 0.717) is 0 Å². The summed E-state index contributed by atoms with van der Waals surface area (Å²) >= 11 is 0. The van der Waals surface area contributed by atoms with Crippen molar-refractivity contribution in [3.8, 4) is 11.1 Å². The van der Waals surface area contributed by atoms with Gasteiger partial charge in [0.1, 0.15) is 11.2 Å². The molecule has 1 aliphatic rings. The van der Waals surface area contributed by atoms with Gasteiger partial charge in [0.05, 0.1) is 11.7 Å². The molecule has 3 aromatic carbocycles. The van der Waals surface area contributed by atoms with E-state index in [2.05, 4.69) is 69.3 Å². The van der Waals surface area contributed by atoms with Crippen molar-refractivity contribution in [3.05, 3.63) is 66.7 Å². The summed E-state index contributed by atoms with van der Waals surface area (Å²) in [6, 6.07) is 22.8. The smallest absolute Gasteiger partial charge is 0.455 e. The predicted molar refractivity (Wildman–Crippen MR) is 110 cm³/mol. The molecule has 0 spiro atoms. The molecule has 1 fully saturated rings. The Bertz CT molecular complexity index is 1140. The van der Waals surface area contributed by atoms with Gasteiger partial charge in [0.2, 0.25) is 0 Å². The van der Waals surface area contributed by atoms with Gasteiger partial charge in [-0.05, 0) is 37.9 Å². The Kier molecular flexibility index (Phi) is 3.68. The van der Waals surface area contributed by atoms with E-state index in [-0.39, 0.29) is 18.8 Å². The number of para-hydroxylation sites is 2. The Morgan fingerprint density at radius 2 is 1.67 bits per heavy atom. The van der Waals surface area contributed by atoms with Crippen LogP contribution in [-0.2, 0) is 9.31 Å². The first-order valence-corrected chi connectivity index (χ1v) is 9.37. The van der Waals surface area contributed by atoms with Crippen LogP contribution in [0, 0.1) is 0 Å². The molecule has 3 nitrogen and oxygen atoms in total. The molecule has 4 heteroatoms. The van der Waals surface area contributed by atoms with Crippen molar-refractivity contribution >= 4 is 34.5 Å². The maximum atomic E-state index is 6.19. The second-order valence-electron chi connectivity index (χ2n) is 7.74. The van der Waals surface area contributed by atoms with E-state index in [0.717, 1.165) is 38.5 Å². The van der Waals surface area contributed by atoms with Gasteiger partial charge in [0.25, 0.3) is 0 Å². The van der Waals surface area contributed by atoms with Crippen molar-refractivity contribution in [3.63, 3.8) is 0 Å². The van der Waals surface area contributed by atoms with Crippen LogP contribution in [0.2, 0.25) is 0 Å². The molecule has 0 saturated carbocycles. The average molecular weight is 356 g/mol. The molecule has 1 saturated heterocycles. The predicted octanol–water partition coefficient (Wildman–Crippen LogP) is 5.16. The van der Waals surface area contributed by atoms with Gasteiger partial charge in [-0.2, -0.15) is 0 Å². The molecule has 0 radical (unpaired) electrons. The number of hydrogen-bond donors (Lipinski definition) is 0. The molecule has 1 aromatic heterocycles. The van der Waals surface area contributed by atoms with Crippen molar-refractivity contribution in [1.82, 2.24) is 0 Å². The molecule has 1 aliphatic heterocycles. The second kappa shape index (κ2) is 5.98. The SMILES string of the molecule is CC1OB(c2cccc(-c3cccc4c3oc3ccccc34)c2)OC1(C)C. The maximum absolute atomic E-state index is 6.19. The molecular weight excluding hydrogens is 335 g/mol. The van der Waals surface area contributed by atoms with Crippen LogP contribution in [0.4, 0.5) is 0 Å². The lowest BCUT2D eigenvalue weighted by molar-refractivity contribution is 0.0842. The summed E-state index contributed by atoms with van der Waals surface area (Å²) in [5.41, 5.74) is 4.74. The largest absolute Gasteiger partial charge is 0.494 e. The zero-order chi connectivity index (χ0) is 18.6. The zero-order valence-electron chi connectivity index (χ0n) is 15.7. The van der Waals surface area contributed by atoms with Crippen molar-refractivity contribution in [2.24, 2.45) is 0 Å². The third kappa shape index (κ3) is 2.68. The fraction of sp³-hybridized carbons (Fsp3) is 0.217. The number of rotatable bonds is 2. The quantitative estimate of drug-likeness (QED) is 0.465. The van der Waals surface area contributed by atoms with E-state index < -0.39 is 0 Å². The molecule has 1 unspecified atom stereocenters. The van der Waals surface area contributed by atoms with E-state index in [1.54, 1.807) is 0 Å². The first-order chi connectivity index (χ1) is 13.0. The zero-order valence-corrected chi connectivity index (χ0v) is 15.7. The Balaban J connectivity index is 1.62. The van der Waals surface area contributed by atoms with Gasteiger partial charge in [-0.1, -0.05) is 60.7 Å². The van der Waals surface area contributed by atoms with Gasteiger partial charge in [-0.15, -0.1) is 0 Å². The lowest BCUT2D eigenvalue weighted by atomic mass is 9.78. The number of benzene rings is 3. The van der Waals surface area contributed by atoms with Gasteiger partial charge in [0, 0.05) is 16.3 Å². The van der Waals surface area contributed by atoms with Crippen LogP contribution in [0.15, 0.2) is 71.1 Å². The molecule has 0 bridgehead atoms. The van der Waals surface area contributed by atoms with E-state index in [9.17, 15) is 0 Å². The Labute approximate surface area is 159 Å². The molecule has 27 heavy (non-hydrogen) atoms. The number of hydrogen-bond acceptors (Lipinski definition) is 3. The maximum Gasteiger partial charge on any atom is 0.494 e. The normalized spacial score (nSPS) is 19.2. The van der Waals surface area contributed by atoms with Gasteiger partial charge in [0.15, 0.2) is 0 Å². The van der Waals surface area contributed by atoms with E-state index in [1.807, 2.05) is 18.2 Å². The summed E-state index contributed by atoms with van der Waals surface area (Å²) in [5, 5.41) is 2.28. The minimum Gasteiger partial charge on any atom is -0.455 e. The molecule has 0 amide bonds. The lowest BCUT2D eigenvalue weighted by Gasteiger charge is -2.21. The summed E-state index contributed by atoms with van der Waals surface area (Å²) in [4.78, 5) is 0. The lowest BCUT2D eigenvalue weighted by Crippen LogP contribution is -2.34. The van der Waals surface area contributed by atoms with E-state index in [1.165, 1.54) is 0 Å². The molecule has 0 N–H and O–H groups in total. The molecule has 0 aliphatic carbocycles. The minimum absolute atomic E-state index is 0.0463. The molecule has 4 aromatic rings.